The summed E-state index contributed by atoms with van der Waals surface area (Å²) in [7, 11) is 0. The monoisotopic (exact) mass is 223 g/mol. The average Bonchev–Trinajstić information content (AvgIpc) is 1.82. The van der Waals surface area contributed by atoms with E-state index in [0.717, 1.165) is 0 Å². The largest absolute Gasteiger partial charge is 0.333 e. The molecule has 0 atom stereocenters. The first-order chi connectivity index (χ1) is 4.61. The van der Waals surface area contributed by atoms with Crippen LogP contribution in [0, 0.1) is 0 Å². The van der Waals surface area contributed by atoms with Gasteiger partial charge in [-0.05, 0) is 15.9 Å². The van der Waals surface area contributed by atoms with Crippen LogP contribution in [-0.2, 0) is 0 Å². The van der Waals surface area contributed by atoms with Gasteiger partial charge < -0.3 is 0 Å². The predicted octanol–water partition coefficient (Wildman–Crippen LogP) is 0.0810. The van der Waals surface area contributed by atoms with Gasteiger partial charge in [0.2, 0.25) is 5.15 Å². The van der Waals surface area contributed by atoms with E-state index in [-0.39, 0.29) is 11.0 Å². The maximum atomic E-state index is 5.55. The number of anilines is 1. The van der Waals surface area contributed by atoms with Gasteiger partial charge in [-0.2, -0.15) is 0 Å². The summed E-state index contributed by atoms with van der Waals surface area (Å²) in [5.41, 5.74) is 5.37. The topological polar surface area (TPSA) is 68.8 Å². The molecule has 10 heavy (non-hydrogen) atoms. The van der Waals surface area contributed by atoms with Gasteiger partial charge >= 0.3 is 5.82 Å². The Labute approximate surface area is 70.9 Å². The lowest BCUT2D eigenvalue weighted by atomic mass is 10.7. The number of hydrogen-bond acceptors (Lipinski definition) is 3. The van der Waals surface area contributed by atoms with Crippen molar-refractivity contribution in [1.82, 2.24) is 4.98 Å². The van der Waals surface area contributed by atoms with Gasteiger partial charge in [-0.15, -0.1) is 4.68 Å². The molecule has 0 saturated heterocycles. The molecule has 0 saturated carbocycles. The smallest absolute Gasteiger partial charge is 0.282 e. The summed E-state index contributed by atoms with van der Waals surface area (Å²) >= 11 is 8.65. The van der Waals surface area contributed by atoms with Crippen LogP contribution in [0.15, 0.2) is 10.8 Å². The first kappa shape index (κ1) is 7.56. The van der Waals surface area contributed by atoms with Gasteiger partial charge in [-0.1, -0.05) is 11.6 Å². The van der Waals surface area contributed by atoms with Crippen LogP contribution >= 0.6 is 27.5 Å². The normalized spacial score (nSPS) is 9.80. The van der Waals surface area contributed by atoms with Crippen molar-refractivity contribution in [1.29, 1.82) is 0 Å². The molecule has 1 rings (SSSR count). The van der Waals surface area contributed by atoms with Gasteiger partial charge in [0.1, 0.15) is 4.60 Å². The van der Waals surface area contributed by atoms with Crippen molar-refractivity contribution >= 4 is 33.3 Å². The molecule has 0 spiro atoms. The lowest BCUT2D eigenvalue weighted by Crippen LogP contribution is -2.47. The minimum atomic E-state index is 0.192. The first-order valence-corrected chi connectivity index (χ1v) is 3.56. The van der Waals surface area contributed by atoms with Crippen LogP contribution < -0.4 is 16.3 Å². The van der Waals surface area contributed by atoms with Crippen molar-refractivity contribution in [2.75, 3.05) is 11.6 Å². The van der Waals surface area contributed by atoms with Gasteiger partial charge in [0.15, 0.2) is 6.20 Å². The maximum absolute atomic E-state index is 5.55. The fourth-order valence-electron chi connectivity index (χ4n) is 0.471. The molecule has 0 aliphatic carbocycles. The molecule has 0 aromatic carbocycles. The van der Waals surface area contributed by atoms with Crippen molar-refractivity contribution in [2.45, 2.75) is 0 Å². The molecule has 54 valence electrons. The molecule has 1 heterocycles. The zero-order chi connectivity index (χ0) is 7.72. The molecule has 0 amide bonds. The Morgan fingerprint density at radius 3 is 2.80 bits per heavy atom. The molecule has 0 radical (unpaired) electrons. The number of aromatic nitrogens is 2. The van der Waals surface area contributed by atoms with Crippen molar-refractivity contribution in [3.63, 3.8) is 0 Å². The SMILES string of the molecule is Nc1c(Cl)nc(Br)c[n+]1N. The van der Waals surface area contributed by atoms with Crippen molar-refractivity contribution in [3.8, 4) is 0 Å². The molecule has 0 fully saturated rings. The second kappa shape index (κ2) is 2.59. The van der Waals surface area contributed by atoms with Crippen molar-refractivity contribution in [2.24, 2.45) is 0 Å². The fraction of sp³-hybridized carbons (Fsp3) is 0. The summed E-state index contributed by atoms with van der Waals surface area (Å²) in [6.45, 7) is 0. The summed E-state index contributed by atoms with van der Waals surface area (Å²) in [6.07, 6.45) is 1.52. The Morgan fingerprint density at radius 1 is 1.70 bits per heavy atom. The molecule has 0 unspecified atom stereocenters. The molecule has 4 N–H and O–H groups in total. The summed E-state index contributed by atoms with van der Waals surface area (Å²) in [5, 5.41) is 0.192. The Morgan fingerprint density at radius 2 is 2.30 bits per heavy atom. The van der Waals surface area contributed by atoms with Crippen molar-refractivity contribution in [3.05, 3.63) is 16.0 Å². The Bertz CT molecular complexity index is 240. The molecule has 1 aromatic heterocycles. The third-order valence-electron chi connectivity index (χ3n) is 0.940. The molecule has 0 aliphatic heterocycles. The van der Waals surface area contributed by atoms with Crippen LogP contribution in [0.25, 0.3) is 0 Å². The van der Waals surface area contributed by atoms with Crippen molar-refractivity contribution < 1.29 is 4.68 Å². The highest BCUT2D eigenvalue weighted by Crippen LogP contribution is 2.12. The number of hydrogen-bond donors (Lipinski definition) is 2. The average molecular weight is 224 g/mol. The lowest BCUT2D eigenvalue weighted by Gasteiger charge is -1.95. The van der Waals surface area contributed by atoms with E-state index >= 15 is 0 Å². The zero-order valence-corrected chi connectivity index (χ0v) is 7.22. The summed E-state index contributed by atoms with van der Waals surface area (Å²) < 4.78 is 1.74. The van der Waals surface area contributed by atoms with Gasteiger partial charge in [0.25, 0.3) is 0 Å². The summed E-state index contributed by atoms with van der Waals surface area (Å²) in [5.74, 6) is 5.60. The zero-order valence-electron chi connectivity index (χ0n) is 4.88. The number of nitrogens with two attached hydrogens (primary N) is 2. The Kier molecular flexibility index (Phi) is 1.96. The third-order valence-corrected chi connectivity index (χ3v) is 1.60. The molecule has 0 bridgehead atoms. The van der Waals surface area contributed by atoms with Crippen LogP contribution in [0.3, 0.4) is 0 Å². The minimum Gasteiger partial charge on any atom is -0.282 e. The van der Waals surface area contributed by atoms with E-state index in [0.29, 0.717) is 4.60 Å². The van der Waals surface area contributed by atoms with Gasteiger partial charge in [0.05, 0.1) is 0 Å². The summed E-state index contributed by atoms with van der Waals surface area (Å²) in [6, 6.07) is 0. The van der Waals surface area contributed by atoms with E-state index in [9.17, 15) is 0 Å². The van der Waals surface area contributed by atoms with E-state index in [1.165, 1.54) is 10.9 Å². The highest BCUT2D eigenvalue weighted by molar-refractivity contribution is 9.10. The van der Waals surface area contributed by atoms with E-state index in [1.54, 1.807) is 0 Å². The second-order valence-electron chi connectivity index (χ2n) is 1.65. The lowest BCUT2D eigenvalue weighted by molar-refractivity contribution is -0.624. The van der Waals surface area contributed by atoms with Gasteiger partial charge in [-0.3, -0.25) is 11.6 Å². The minimum absolute atomic E-state index is 0.192. The van der Waals surface area contributed by atoms with Crippen LogP contribution in [0.4, 0.5) is 5.82 Å². The Balaban J connectivity index is 3.31. The van der Waals surface area contributed by atoms with Gasteiger partial charge in [-0.25, -0.2) is 4.98 Å². The fourth-order valence-corrected chi connectivity index (χ4v) is 1.16. The maximum Gasteiger partial charge on any atom is 0.333 e. The predicted molar refractivity (Wildman–Crippen MR) is 41.7 cm³/mol. The van der Waals surface area contributed by atoms with E-state index < -0.39 is 0 Å². The molecular weight excluding hydrogens is 219 g/mol. The Hall–Kier alpha value is -0.550. The van der Waals surface area contributed by atoms with E-state index in [4.69, 9.17) is 23.2 Å². The summed E-state index contributed by atoms with van der Waals surface area (Å²) in [4.78, 5) is 3.79. The number of halogens is 2. The first-order valence-electron chi connectivity index (χ1n) is 2.39. The molecule has 4 nitrogen and oxygen atoms in total. The van der Waals surface area contributed by atoms with Crippen LogP contribution in [0.2, 0.25) is 5.15 Å². The molecular formula is C4H5BrClN4+. The highest BCUT2D eigenvalue weighted by atomic mass is 79.9. The quantitative estimate of drug-likeness (QED) is 0.484. The highest BCUT2D eigenvalue weighted by Gasteiger charge is 2.09. The van der Waals surface area contributed by atoms with E-state index in [1.807, 2.05) is 0 Å². The second-order valence-corrected chi connectivity index (χ2v) is 2.82. The number of rotatable bonds is 0. The molecule has 6 heteroatoms. The van der Waals surface area contributed by atoms with E-state index in [2.05, 4.69) is 20.9 Å². The standard InChI is InChI=1S/C4H4BrClN4/c5-2-1-10(8)4(7)3(6)9-2/h1,7H,8H2/p+1. The molecule has 0 aliphatic rings. The van der Waals surface area contributed by atoms with Crippen LogP contribution in [0.1, 0.15) is 0 Å². The van der Waals surface area contributed by atoms with Crippen LogP contribution in [0.5, 0.6) is 0 Å². The number of nitrogens with zero attached hydrogens (tertiary/aromatic N) is 2. The number of nitrogen functional groups attached to an aromatic ring is 2. The van der Waals surface area contributed by atoms with Crippen LogP contribution in [-0.4, -0.2) is 4.98 Å². The molecule has 1 aromatic rings. The van der Waals surface area contributed by atoms with Gasteiger partial charge in [0, 0.05) is 0 Å². The third kappa shape index (κ3) is 1.30.